The third-order valence-corrected chi connectivity index (χ3v) is 8.50. The summed E-state index contributed by atoms with van der Waals surface area (Å²) in [5, 5.41) is 12.7. The Morgan fingerprint density at radius 1 is 0.919 bits per heavy atom. The van der Waals surface area contributed by atoms with Gasteiger partial charge in [-0.25, -0.2) is 9.59 Å². The smallest absolute Gasteiger partial charge is 0.449 e. The number of carbonyl (C=O) groups is 3. The summed E-state index contributed by atoms with van der Waals surface area (Å²) in [6.45, 7) is 1.70. The number of hydrogen-bond donors (Lipinski definition) is 1. The molecule has 3 heterocycles. The summed E-state index contributed by atoms with van der Waals surface area (Å²) >= 11 is 0. The van der Waals surface area contributed by atoms with Crippen LogP contribution < -0.4 is 0 Å². The molecule has 1 aliphatic carbocycles. The highest BCUT2D eigenvalue weighted by Gasteiger charge is 2.57. The van der Waals surface area contributed by atoms with Gasteiger partial charge >= 0.3 is 12.1 Å². The largest absolute Gasteiger partial charge is 0.527 e. The minimum atomic E-state index is -1.03. The number of nitrogens with zero attached hydrogens (tertiary/aromatic N) is 2. The number of aliphatic hydroxyl groups is 1. The summed E-state index contributed by atoms with van der Waals surface area (Å²) in [6, 6.07) is 15.1. The Morgan fingerprint density at radius 2 is 1.59 bits per heavy atom. The molecule has 0 bridgehead atoms. The molecule has 3 aliphatic heterocycles. The number of piperidine rings is 1. The van der Waals surface area contributed by atoms with Gasteiger partial charge in [-0.3, -0.25) is 4.79 Å². The van der Waals surface area contributed by atoms with E-state index in [4.69, 9.17) is 9.57 Å². The van der Waals surface area contributed by atoms with Gasteiger partial charge in [0, 0.05) is 31.6 Å². The zero-order chi connectivity index (χ0) is 25.8. The SMILES string of the molecule is COC(=O)ON1CCC(O)(c2ccc(C3(C(=O)N4CCC5(C4)OC(=O)c4ccccc45)CC3)cc2)CC1. The topological polar surface area (TPSA) is 106 Å². The molecule has 0 radical (unpaired) electrons. The summed E-state index contributed by atoms with van der Waals surface area (Å²) in [5.74, 6) is -0.244. The molecule has 6 rings (SSSR count). The first-order valence-corrected chi connectivity index (χ1v) is 12.8. The highest BCUT2D eigenvalue weighted by Crippen LogP contribution is 2.52. The van der Waals surface area contributed by atoms with Crippen molar-refractivity contribution in [2.24, 2.45) is 0 Å². The second-order valence-electron chi connectivity index (χ2n) is 10.6. The molecule has 2 aromatic carbocycles. The van der Waals surface area contributed by atoms with E-state index in [0.717, 1.165) is 29.5 Å². The minimum absolute atomic E-state index is 0.0736. The van der Waals surface area contributed by atoms with Crippen LogP contribution in [0.2, 0.25) is 0 Å². The molecule has 37 heavy (non-hydrogen) atoms. The number of hydroxylamine groups is 2. The van der Waals surface area contributed by atoms with Gasteiger partial charge in [-0.15, -0.1) is 5.06 Å². The molecular weight excluding hydrogens is 476 g/mol. The van der Waals surface area contributed by atoms with Crippen molar-refractivity contribution in [1.29, 1.82) is 0 Å². The molecule has 4 aliphatic rings. The predicted octanol–water partition coefficient (Wildman–Crippen LogP) is 3.00. The van der Waals surface area contributed by atoms with Gasteiger partial charge in [-0.05, 0) is 42.9 Å². The number of rotatable bonds is 4. The fraction of sp³-hybridized carbons (Fsp3) is 0.464. The van der Waals surface area contributed by atoms with Crippen molar-refractivity contribution in [3.05, 3.63) is 70.8 Å². The van der Waals surface area contributed by atoms with Crippen LogP contribution in [-0.4, -0.2) is 66.4 Å². The number of fused-ring (bicyclic) bond motifs is 2. The van der Waals surface area contributed by atoms with Crippen LogP contribution in [0.5, 0.6) is 0 Å². The van der Waals surface area contributed by atoms with Crippen molar-refractivity contribution in [3.63, 3.8) is 0 Å². The molecule has 1 saturated carbocycles. The van der Waals surface area contributed by atoms with Crippen molar-refractivity contribution < 1.29 is 33.8 Å². The van der Waals surface area contributed by atoms with Crippen molar-refractivity contribution in [3.8, 4) is 0 Å². The van der Waals surface area contributed by atoms with Crippen LogP contribution in [0.1, 0.15) is 59.2 Å². The predicted molar refractivity (Wildman–Crippen MR) is 130 cm³/mol. The third kappa shape index (κ3) is 3.88. The molecule has 194 valence electrons. The van der Waals surface area contributed by atoms with E-state index in [1.165, 1.54) is 12.2 Å². The monoisotopic (exact) mass is 506 g/mol. The highest BCUT2D eigenvalue weighted by atomic mass is 16.8. The fourth-order valence-corrected chi connectivity index (χ4v) is 6.14. The molecule has 2 aromatic rings. The summed E-state index contributed by atoms with van der Waals surface area (Å²) < 4.78 is 10.4. The Morgan fingerprint density at radius 3 is 2.27 bits per heavy atom. The molecule has 1 N–H and O–H groups in total. The lowest BCUT2D eigenvalue weighted by atomic mass is 9.83. The molecule has 1 amide bonds. The maximum atomic E-state index is 13.7. The quantitative estimate of drug-likeness (QED) is 0.631. The summed E-state index contributed by atoms with van der Waals surface area (Å²) in [6.07, 6.45) is 2.19. The summed E-state index contributed by atoms with van der Waals surface area (Å²) in [5.41, 5.74) is 0.852. The highest BCUT2D eigenvalue weighted by molar-refractivity contribution is 5.96. The number of hydrogen-bond acceptors (Lipinski definition) is 8. The van der Waals surface area contributed by atoms with E-state index in [2.05, 4.69) is 4.74 Å². The maximum absolute atomic E-state index is 13.7. The Bertz CT molecular complexity index is 1250. The van der Waals surface area contributed by atoms with Crippen molar-refractivity contribution in [1.82, 2.24) is 9.96 Å². The van der Waals surface area contributed by atoms with E-state index >= 15 is 0 Å². The van der Waals surface area contributed by atoms with E-state index in [0.29, 0.717) is 51.0 Å². The average Bonchev–Trinajstić information content (AvgIpc) is 3.56. The van der Waals surface area contributed by atoms with Gasteiger partial charge in [0.05, 0.1) is 30.2 Å². The summed E-state index contributed by atoms with van der Waals surface area (Å²) in [7, 11) is 1.26. The van der Waals surface area contributed by atoms with Crippen molar-refractivity contribution in [2.45, 2.75) is 48.7 Å². The maximum Gasteiger partial charge on any atom is 0.527 e. The van der Waals surface area contributed by atoms with Crippen LogP contribution in [0.4, 0.5) is 4.79 Å². The number of carbonyl (C=O) groups excluding carboxylic acids is 3. The van der Waals surface area contributed by atoms with Crippen molar-refractivity contribution >= 4 is 18.0 Å². The van der Waals surface area contributed by atoms with Crippen LogP contribution in [-0.2, 0) is 35.7 Å². The Balaban J connectivity index is 1.14. The molecule has 1 spiro atoms. The lowest BCUT2D eigenvalue weighted by Gasteiger charge is -2.37. The van der Waals surface area contributed by atoms with Gasteiger partial charge < -0.3 is 24.3 Å². The Hall–Kier alpha value is -3.43. The van der Waals surface area contributed by atoms with Crippen LogP contribution >= 0.6 is 0 Å². The van der Waals surface area contributed by atoms with Gasteiger partial charge in [0.15, 0.2) is 5.60 Å². The molecular formula is C28H30N2O7. The number of esters is 1. The second-order valence-corrected chi connectivity index (χ2v) is 10.6. The average molecular weight is 507 g/mol. The first-order valence-electron chi connectivity index (χ1n) is 12.8. The van der Waals surface area contributed by atoms with E-state index < -0.39 is 22.8 Å². The van der Waals surface area contributed by atoms with Gasteiger partial charge in [-0.2, -0.15) is 0 Å². The molecule has 9 heteroatoms. The standard InChI is InChI=1S/C28H30N2O7/c1-35-25(33)37-30-16-12-27(34,13-17-30)20-8-6-19(7-9-20)26(10-11-26)24(32)29-15-14-28(18-29)22-5-3-2-4-21(22)23(31)36-28/h2-9,34H,10-18H2,1H3. The zero-order valence-electron chi connectivity index (χ0n) is 20.8. The van der Waals surface area contributed by atoms with Gasteiger partial charge in [0.1, 0.15) is 0 Å². The minimum Gasteiger partial charge on any atom is -0.449 e. The molecule has 3 fully saturated rings. The van der Waals surface area contributed by atoms with E-state index in [1.54, 1.807) is 6.07 Å². The third-order valence-electron chi connectivity index (χ3n) is 8.50. The fourth-order valence-electron chi connectivity index (χ4n) is 6.14. The number of benzene rings is 2. The summed E-state index contributed by atoms with van der Waals surface area (Å²) in [4.78, 5) is 44.4. The van der Waals surface area contributed by atoms with Gasteiger partial charge in [0.25, 0.3) is 0 Å². The van der Waals surface area contributed by atoms with Gasteiger partial charge in [-0.1, -0.05) is 42.5 Å². The second kappa shape index (κ2) is 8.56. The number of likely N-dealkylation sites (tertiary alicyclic amines) is 1. The number of ether oxygens (including phenoxy) is 2. The molecule has 9 nitrogen and oxygen atoms in total. The molecule has 1 atom stereocenters. The lowest BCUT2D eigenvalue weighted by Crippen LogP contribution is -2.43. The molecule has 1 unspecified atom stereocenters. The molecule has 2 saturated heterocycles. The van der Waals surface area contributed by atoms with Gasteiger partial charge in [0.2, 0.25) is 5.91 Å². The Kier molecular flexibility index (Phi) is 5.54. The van der Waals surface area contributed by atoms with Crippen LogP contribution in [0.15, 0.2) is 48.5 Å². The number of methoxy groups -OCH3 is 1. The van der Waals surface area contributed by atoms with Crippen LogP contribution in [0, 0.1) is 0 Å². The van der Waals surface area contributed by atoms with E-state index in [-0.39, 0.29) is 11.9 Å². The normalized spacial score (nSPS) is 25.5. The van der Waals surface area contributed by atoms with Crippen LogP contribution in [0.3, 0.4) is 0 Å². The Labute approximate surface area is 214 Å². The first kappa shape index (κ1) is 23.9. The zero-order valence-corrected chi connectivity index (χ0v) is 20.8. The van der Waals surface area contributed by atoms with Crippen molar-refractivity contribution in [2.75, 3.05) is 33.3 Å². The molecule has 0 aromatic heterocycles. The van der Waals surface area contributed by atoms with E-state index in [1.807, 2.05) is 47.4 Å². The van der Waals surface area contributed by atoms with Crippen LogP contribution in [0.25, 0.3) is 0 Å². The number of amides is 1. The first-order chi connectivity index (χ1) is 17.8. The van der Waals surface area contributed by atoms with E-state index in [9.17, 15) is 19.5 Å². The lowest BCUT2D eigenvalue weighted by molar-refractivity contribution is -0.166.